The van der Waals surface area contributed by atoms with Crippen LogP contribution in [0.1, 0.15) is 56.8 Å². The normalized spacial score (nSPS) is 26.6. The van der Waals surface area contributed by atoms with Gasteiger partial charge < -0.3 is 9.80 Å². The van der Waals surface area contributed by atoms with E-state index in [-0.39, 0.29) is 17.7 Å². The van der Waals surface area contributed by atoms with Gasteiger partial charge in [-0.2, -0.15) is 0 Å². The van der Waals surface area contributed by atoms with Crippen LogP contribution in [0.4, 0.5) is 0 Å². The molecule has 2 atom stereocenters. The number of carbonyl (C=O) groups is 2. The monoisotopic (exact) mass is 367 g/mol. The molecule has 2 heterocycles. The number of amides is 1. The maximum atomic E-state index is 13.1. The molecule has 0 aliphatic carbocycles. The van der Waals surface area contributed by atoms with Crippen LogP contribution in [0.3, 0.4) is 0 Å². The van der Waals surface area contributed by atoms with Crippen molar-refractivity contribution in [2.75, 3.05) is 13.6 Å². The van der Waals surface area contributed by atoms with E-state index in [4.69, 9.17) is 4.99 Å². The maximum Gasteiger partial charge on any atom is 0.252 e. The highest BCUT2D eigenvalue weighted by atomic mass is 16.2. The molecule has 0 saturated carbocycles. The molecule has 27 heavy (non-hydrogen) atoms. The summed E-state index contributed by atoms with van der Waals surface area (Å²) in [6.07, 6.45) is 4.92. The lowest BCUT2D eigenvalue weighted by Gasteiger charge is -2.47. The minimum atomic E-state index is -0.483. The molecule has 1 unspecified atom stereocenters. The first-order valence-corrected chi connectivity index (χ1v) is 9.83. The van der Waals surface area contributed by atoms with Crippen molar-refractivity contribution in [2.24, 2.45) is 4.99 Å². The molecule has 3 rings (SSSR count). The van der Waals surface area contributed by atoms with Crippen molar-refractivity contribution < 1.29 is 9.59 Å². The number of rotatable bonds is 5. The lowest BCUT2D eigenvalue weighted by atomic mass is 9.88. The van der Waals surface area contributed by atoms with E-state index in [1.165, 1.54) is 0 Å². The van der Waals surface area contributed by atoms with E-state index in [0.717, 1.165) is 42.9 Å². The molecular weight excluding hydrogens is 338 g/mol. The van der Waals surface area contributed by atoms with E-state index in [2.05, 4.69) is 11.8 Å². The number of ketones is 1. The maximum absolute atomic E-state index is 13.1. The largest absolute Gasteiger partial charge is 0.340 e. The number of allylic oxidation sites excluding steroid dienone is 1. The van der Waals surface area contributed by atoms with Gasteiger partial charge in [-0.15, -0.1) is 0 Å². The number of fused-ring (bicyclic) bond motifs is 1. The Hall–Kier alpha value is -2.43. The second kappa shape index (κ2) is 7.67. The summed E-state index contributed by atoms with van der Waals surface area (Å²) < 4.78 is 0. The van der Waals surface area contributed by atoms with Crippen LogP contribution in [-0.2, 0) is 4.79 Å². The van der Waals surface area contributed by atoms with Crippen molar-refractivity contribution in [3.8, 4) is 0 Å². The molecule has 2 aliphatic heterocycles. The van der Waals surface area contributed by atoms with Crippen molar-refractivity contribution in [1.29, 1.82) is 0 Å². The SMILES string of the molecule is CC=C1C(=NC(C)CC(=O)c2ccccc2)N2CCC[C@@]2(CC)C(=O)N1C. The minimum Gasteiger partial charge on any atom is -0.340 e. The van der Waals surface area contributed by atoms with Crippen LogP contribution < -0.4 is 0 Å². The number of hydrogen-bond donors (Lipinski definition) is 0. The van der Waals surface area contributed by atoms with Crippen molar-refractivity contribution in [2.45, 2.75) is 58.0 Å². The van der Waals surface area contributed by atoms with Crippen molar-refractivity contribution >= 4 is 17.5 Å². The van der Waals surface area contributed by atoms with Crippen LogP contribution in [0.25, 0.3) is 0 Å². The minimum absolute atomic E-state index is 0.0953. The van der Waals surface area contributed by atoms with E-state index in [0.29, 0.717) is 6.42 Å². The van der Waals surface area contributed by atoms with Gasteiger partial charge >= 0.3 is 0 Å². The molecule has 1 amide bonds. The number of piperazine rings is 1. The first-order chi connectivity index (χ1) is 12.9. The second-order valence-corrected chi connectivity index (χ2v) is 7.47. The predicted molar refractivity (Wildman–Crippen MR) is 108 cm³/mol. The van der Waals surface area contributed by atoms with Crippen molar-refractivity contribution in [1.82, 2.24) is 9.80 Å². The van der Waals surface area contributed by atoms with E-state index >= 15 is 0 Å². The summed E-state index contributed by atoms with van der Waals surface area (Å²) in [7, 11) is 1.83. The Morgan fingerprint density at radius 2 is 2.04 bits per heavy atom. The molecule has 0 spiro atoms. The molecule has 0 radical (unpaired) electrons. The Bertz CT molecular complexity index is 784. The molecule has 0 bridgehead atoms. The summed E-state index contributed by atoms with van der Waals surface area (Å²) in [5.74, 6) is 1.10. The Morgan fingerprint density at radius 3 is 2.67 bits per heavy atom. The number of likely N-dealkylation sites (N-methyl/N-ethyl adjacent to an activating group) is 1. The smallest absolute Gasteiger partial charge is 0.252 e. The molecule has 1 aromatic rings. The van der Waals surface area contributed by atoms with Gasteiger partial charge in [0.15, 0.2) is 5.78 Å². The molecule has 2 aliphatic rings. The van der Waals surface area contributed by atoms with Crippen LogP contribution in [-0.4, -0.2) is 52.5 Å². The quantitative estimate of drug-likeness (QED) is 0.746. The standard InChI is InChI=1S/C22H29N3O2/c1-5-18-20(23-16(3)15-19(26)17-11-8-7-9-12-17)25-14-10-13-22(25,6-2)21(27)24(18)4/h5,7-9,11-12,16H,6,10,13-15H2,1-4H3/t16?,22-/m0/s1. The average Bonchev–Trinajstić information content (AvgIpc) is 3.12. The number of aliphatic imine (C=N–C) groups is 1. The van der Waals surface area contributed by atoms with Crippen molar-refractivity contribution in [3.05, 3.63) is 47.7 Å². The summed E-state index contributed by atoms with van der Waals surface area (Å²) in [6, 6.07) is 9.20. The fraction of sp³-hybridized carbons (Fsp3) is 0.500. The molecule has 0 aromatic heterocycles. The van der Waals surface area contributed by atoms with Gasteiger partial charge in [0.25, 0.3) is 5.91 Å². The third kappa shape index (κ3) is 3.31. The van der Waals surface area contributed by atoms with E-state index in [9.17, 15) is 9.59 Å². The lowest BCUT2D eigenvalue weighted by Crippen LogP contribution is -2.63. The Kier molecular flexibility index (Phi) is 5.49. The summed E-state index contributed by atoms with van der Waals surface area (Å²) in [4.78, 5) is 34.5. The van der Waals surface area contributed by atoms with Gasteiger partial charge in [-0.3, -0.25) is 14.6 Å². The molecule has 2 fully saturated rings. The fourth-order valence-corrected chi connectivity index (χ4v) is 4.36. The zero-order chi connectivity index (χ0) is 19.6. The van der Waals surface area contributed by atoms with Crippen LogP contribution in [0.2, 0.25) is 0 Å². The molecule has 0 N–H and O–H groups in total. The fourth-order valence-electron chi connectivity index (χ4n) is 4.36. The molecule has 5 heteroatoms. The lowest BCUT2D eigenvalue weighted by molar-refractivity contribution is -0.139. The van der Waals surface area contributed by atoms with Gasteiger partial charge in [0, 0.05) is 25.6 Å². The Labute approximate surface area is 161 Å². The van der Waals surface area contributed by atoms with Crippen LogP contribution in [0, 0.1) is 0 Å². The number of carbonyl (C=O) groups excluding carboxylic acids is 2. The van der Waals surface area contributed by atoms with E-state index < -0.39 is 5.54 Å². The topological polar surface area (TPSA) is 53.0 Å². The number of Topliss-reactive ketones (excluding diaryl/α,β-unsaturated/α-hetero) is 1. The van der Waals surface area contributed by atoms with Gasteiger partial charge in [-0.25, -0.2) is 0 Å². The molecule has 144 valence electrons. The molecule has 2 saturated heterocycles. The molecular formula is C22H29N3O2. The zero-order valence-corrected chi connectivity index (χ0v) is 16.7. The van der Waals surface area contributed by atoms with Gasteiger partial charge in [-0.1, -0.05) is 43.3 Å². The molecule has 1 aromatic carbocycles. The summed E-state index contributed by atoms with van der Waals surface area (Å²) in [6.45, 7) is 6.82. The number of hydrogen-bond acceptors (Lipinski definition) is 3. The number of nitrogens with zero attached hydrogens (tertiary/aromatic N) is 3. The molecule has 5 nitrogen and oxygen atoms in total. The van der Waals surface area contributed by atoms with Crippen LogP contribution >= 0.6 is 0 Å². The number of benzene rings is 1. The van der Waals surface area contributed by atoms with Gasteiger partial charge in [0.2, 0.25) is 0 Å². The third-order valence-corrected chi connectivity index (χ3v) is 5.82. The van der Waals surface area contributed by atoms with Gasteiger partial charge in [0.05, 0.1) is 11.7 Å². The Morgan fingerprint density at radius 1 is 1.33 bits per heavy atom. The summed E-state index contributed by atoms with van der Waals surface area (Å²) in [5, 5.41) is 0. The Balaban J connectivity index is 1.90. The van der Waals surface area contributed by atoms with Crippen LogP contribution in [0.5, 0.6) is 0 Å². The number of amidine groups is 1. The van der Waals surface area contributed by atoms with Crippen molar-refractivity contribution in [3.63, 3.8) is 0 Å². The summed E-state index contributed by atoms with van der Waals surface area (Å²) in [5.41, 5.74) is 1.07. The van der Waals surface area contributed by atoms with Gasteiger partial charge in [-0.05, 0) is 33.1 Å². The first kappa shape index (κ1) is 19.3. The van der Waals surface area contributed by atoms with Crippen LogP contribution in [0.15, 0.2) is 47.1 Å². The first-order valence-electron chi connectivity index (χ1n) is 9.83. The highest BCUT2D eigenvalue weighted by Crippen LogP contribution is 2.40. The second-order valence-electron chi connectivity index (χ2n) is 7.47. The summed E-state index contributed by atoms with van der Waals surface area (Å²) >= 11 is 0. The zero-order valence-electron chi connectivity index (χ0n) is 16.7. The van der Waals surface area contributed by atoms with E-state index in [1.54, 1.807) is 4.90 Å². The highest BCUT2D eigenvalue weighted by Gasteiger charge is 2.53. The third-order valence-electron chi connectivity index (χ3n) is 5.82. The van der Waals surface area contributed by atoms with E-state index in [1.807, 2.05) is 57.3 Å². The average molecular weight is 367 g/mol. The highest BCUT2D eigenvalue weighted by molar-refractivity contribution is 6.09. The van der Waals surface area contributed by atoms with Gasteiger partial charge in [0.1, 0.15) is 11.4 Å². The predicted octanol–water partition coefficient (Wildman–Crippen LogP) is 3.67.